The molecular weight excluding hydrogens is 1140 g/mol. The first-order valence-corrected chi connectivity index (χ1v) is 38.3. The molecule has 0 aromatic rings. The molecule has 0 saturated carbocycles. The fourth-order valence-electron chi connectivity index (χ4n) is 10.2. The predicted molar refractivity (Wildman–Crippen MR) is 345 cm³/mol. The molecule has 17 nitrogen and oxygen atoms in total. The molecule has 0 aliphatic carbocycles. The highest BCUT2D eigenvalue weighted by molar-refractivity contribution is 7.47. The zero-order chi connectivity index (χ0) is 63.3. The van der Waals surface area contributed by atoms with E-state index in [0.29, 0.717) is 25.7 Å². The van der Waals surface area contributed by atoms with Crippen LogP contribution in [0.15, 0.2) is 0 Å². The molecule has 0 aromatic heterocycles. The van der Waals surface area contributed by atoms with Crippen molar-refractivity contribution in [2.24, 2.45) is 0 Å². The number of ether oxygens (including phenoxy) is 4. The molecule has 0 saturated heterocycles. The summed E-state index contributed by atoms with van der Waals surface area (Å²) in [5.74, 6) is -2.12. The Morgan fingerprint density at radius 3 is 0.686 bits per heavy atom. The van der Waals surface area contributed by atoms with Gasteiger partial charge in [-0.1, -0.05) is 297 Å². The SMILES string of the molecule is CCCCCCCCCCCCCCCC(=O)O[C@H](COC(=O)CCCCCCCCCCCCCC)COP(=O)(O)OC[C@@H](O)COP(=O)(O)OC[C@@H](COC(=O)CCCCCCCCCCC)OC(=O)CCCCCCCCCCCCCC. The van der Waals surface area contributed by atoms with Gasteiger partial charge in [0.2, 0.25) is 0 Å². The van der Waals surface area contributed by atoms with E-state index in [2.05, 4.69) is 27.7 Å². The van der Waals surface area contributed by atoms with Crippen molar-refractivity contribution in [1.29, 1.82) is 0 Å². The quantitative estimate of drug-likeness (QED) is 0.0222. The van der Waals surface area contributed by atoms with Gasteiger partial charge in [0.05, 0.1) is 26.4 Å². The predicted octanol–water partition coefficient (Wildman–Crippen LogP) is 19.1. The average molecular weight is 1270 g/mol. The van der Waals surface area contributed by atoms with E-state index in [1.165, 1.54) is 180 Å². The molecule has 0 rings (SSSR count). The fraction of sp³-hybridized carbons (Fsp3) is 0.940. The number of aliphatic hydroxyl groups excluding tert-OH is 1. The third-order valence-electron chi connectivity index (χ3n) is 15.6. The summed E-state index contributed by atoms with van der Waals surface area (Å²) in [7, 11) is -9.89. The largest absolute Gasteiger partial charge is 0.472 e. The average Bonchev–Trinajstić information content (AvgIpc) is 3.69. The van der Waals surface area contributed by atoms with Gasteiger partial charge in [-0.05, 0) is 25.7 Å². The third-order valence-corrected chi connectivity index (χ3v) is 17.5. The van der Waals surface area contributed by atoms with Gasteiger partial charge in [0, 0.05) is 25.7 Å². The summed E-state index contributed by atoms with van der Waals surface area (Å²) in [6.45, 7) is 4.91. The number of aliphatic hydroxyl groups is 1. The van der Waals surface area contributed by atoms with Gasteiger partial charge in [0.1, 0.15) is 19.3 Å². The lowest BCUT2D eigenvalue weighted by atomic mass is 10.0. The molecule has 510 valence electrons. The molecule has 0 spiro atoms. The third kappa shape index (κ3) is 60.9. The second-order valence-corrected chi connectivity index (χ2v) is 27.1. The number of carbonyl (C=O) groups excluding carboxylic acids is 4. The molecule has 3 N–H and O–H groups in total. The minimum absolute atomic E-state index is 0.108. The van der Waals surface area contributed by atoms with Gasteiger partial charge in [-0.2, -0.15) is 0 Å². The maximum atomic E-state index is 13.0. The first kappa shape index (κ1) is 84.1. The van der Waals surface area contributed by atoms with E-state index in [1.807, 2.05) is 0 Å². The van der Waals surface area contributed by atoms with Crippen molar-refractivity contribution in [3.05, 3.63) is 0 Å². The molecular formula is C67H130O17P2. The first-order valence-electron chi connectivity index (χ1n) is 35.3. The van der Waals surface area contributed by atoms with Crippen molar-refractivity contribution in [2.45, 2.75) is 367 Å². The smallest absolute Gasteiger partial charge is 0.462 e. The molecule has 0 bridgehead atoms. The Kier molecular flexibility index (Phi) is 60.5. The van der Waals surface area contributed by atoms with Gasteiger partial charge in [-0.3, -0.25) is 37.3 Å². The van der Waals surface area contributed by atoms with E-state index in [0.717, 1.165) is 89.9 Å². The first-order chi connectivity index (χ1) is 41.7. The molecule has 5 atom stereocenters. The topological polar surface area (TPSA) is 237 Å². The highest BCUT2D eigenvalue weighted by Gasteiger charge is 2.30. The lowest BCUT2D eigenvalue weighted by Gasteiger charge is -2.21. The molecule has 0 aliphatic rings. The van der Waals surface area contributed by atoms with Crippen LogP contribution in [0.25, 0.3) is 0 Å². The van der Waals surface area contributed by atoms with Gasteiger partial charge >= 0.3 is 39.5 Å². The standard InChI is InChI=1S/C67H130O17P2/c1-5-9-13-17-21-25-28-31-34-38-42-46-50-54-67(72)84-63(58-78-65(70)52-48-44-40-36-32-29-26-22-18-14-10-6-2)60-82-86(75,76)80-56-61(68)55-79-85(73,74)81-59-62(57-77-64(69)51-47-43-39-35-24-20-16-12-8-4)83-66(71)53-49-45-41-37-33-30-27-23-19-15-11-7-3/h61-63,68H,5-60H2,1-4H3,(H,73,74)(H,75,76)/t61-,62+,63+/m0/s1. The number of unbranched alkanes of at least 4 members (excludes halogenated alkanes) is 42. The van der Waals surface area contributed by atoms with Crippen molar-refractivity contribution in [3.8, 4) is 0 Å². The van der Waals surface area contributed by atoms with E-state index < -0.39 is 97.5 Å². The van der Waals surface area contributed by atoms with E-state index in [4.69, 9.17) is 37.0 Å². The summed E-state index contributed by atoms with van der Waals surface area (Å²) in [5, 5.41) is 10.6. The number of rotatable bonds is 68. The number of phosphoric acid groups is 2. The summed E-state index contributed by atoms with van der Waals surface area (Å²) in [4.78, 5) is 72.3. The second-order valence-electron chi connectivity index (χ2n) is 24.2. The molecule has 0 aromatic carbocycles. The van der Waals surface area contributed by atoms with Gasteiger partial charge < -0.3 is 33.8 Å². The van der Waals surface area contributed by atoms with Crippen molar-refractivity contribution < 1.29 is 80.2 Å². The van der Waals surface area contributed by atoms with E-state index in [9.17, 15) is 43.2 Å². The summed E-state index contributed by atoms with van der Waals surface area (Å²) in [6.07, 6.45) is 48.3. The molecule has 2 unspecified atom stereocenters. The van der Waals surface area contributed by atoms with Crippen LogP contribution >= 0.6 is 15.6 Å². The van der Waals surface area contributed by atoms with Crippen LogP contribution in [0, 0.1) is 0 Å². The van der Waals surface area contributed by atoms with Gasteiger partial charge in [-0.25, -0.2) is 9.13 Å². The van der Waals surface area contributed by atoms with Crippen molar-refractivity contribution in [3.63, 3.8) is 0 Å². The summed E-state index contributed by atoms with van der Waals surface area (Å²) >= 11 is 0. The number of carbonyl (C=O) groups is 4. The molecule has 0 fully saturated rings. The fourth-order valence-corrected chi connectivity index (χ4v) is 11.7. The van der Waals surface area contributed by atoms with Crippen LogP contribution in [0.2, 0.25) is 0 Å². The Bertz CT molecular complexity index is 1650. The lowest BCUT2D eigenvalue weighted by Crippen LogP contribution is -2.30. The van der Waals surface area contributed by atoms with Crippen molar-refractivity contribution in [2.75, 3.05) is 39.6 Å². The highest BCUT2D eigenvalue weighted by Crippen LogP contribution is 2.45. The van der Waals surface area contributed by atoms with Gasteiger partial charge in [-0.15, -0.1) is 0 Å². The molecule has 0 radical (unpaired) electrons. The van der Waals surface area contributed by atoms with Crippen LogP contribution in [0.4, 0.5) is 0 Å². The van der Waals surface area contributed by atoms with Crippen molar-refractivity contribution >= 4 is 39.5 Å². The maximum absolute atomic E-state index is 13.0. The van der Waals surface area contributed by atoms with Crippen LogP contribution in [0.1, 0.15) is 349 Å². The Hall–Kier alpha value is -1.94. The van der Waals surface area contributed by atoms with E-state index in [1.54, 1.807) is 0 Å². The zero-order valence-electron chi connectivity index (χ0n) is 55.3. The summed E-state index contributed by atoms with van der Waals surface area (Å²) < 4.78 is 68.1. The summed E-state index contributed by atoms with van der Waals surface area (Å²) in [6, 6.07) is 0. The Morgan fingerprint density at radius 2 is 0.465 bits per heavy atom. The van der Waals surface area contributed by atoms with Crippen LogP contribution in [-0.4, -0.2) is 96.7 Å². The molecule has 86 heavy (non-hydrogen) atoms. The minimum Gasteiger partial charge on any atom is -0.462 e. The number of esters is 4. The lowest BCUT2D eigenvalue weighted by molar-refractivity contribution is -0.161. The minimum atomic E-state index is -4.95. The Morgan fingerprint density at radius 1 is 0.279 bits per heavy atom. The molecule has 0 amide bonds. The number of hydrogen-bond donors (Lipinski definition) is 3. The van der Waals surface area contributed by atoms with Crippen LogP contribution in [-0.2, 0) is 65.4 Å². The normalized spacial score (nSPS) is 14.1. The highest BCUT2D eigenvalue weighted by atomic mass is 31.2. The second kappa shape index (κ2) is 61.9. The number of phosphoric ester groups is 2. The Balaban J connectivity index is 5.23. The maximum Gasteiger partial charge on any atom is 0.472 e. The van der Waals surface area contributed by atoms with E-state index in [-0.39, 0.29) is 25.7 Å². The summed E-state index contributed by atoms with van der Waals surface area (Å²) in [5.41, 5.74) is 0. The van der Waals surface area contributed by atoms with Crippen molar-refractivity contribution in [1.82, 2.24) is 0 Å². The van der Waals surface area contributed by atoms with Crippen LogP contribution in [0.3, 0.4) is 0 Å². The van der Waals surface area contributed by atoms with Crippen LogP contribution < -0.4 is 0 Å². The molecule has 0 aliphatic heterocycles. The number of hydrogen-bond acceptors (Lipinski definition) is 15. The van der Waals surface area contributed by atoms with Gasteiger partial charge in [0.15, 0.2) is 12.2 Å². The molecule has 0 heterocycles. The zero-order valence-corrected chi connectivity index (χ0v) is 57.1. The Labute approximate surface area is 524 Å². The van der Waals surface area contributed by atoms with Gasteiger partial charge in [0.25, 0.3) is 0 Å². The monoisotopic (exact) mass is 1270 g/mol. The van der Waals surface area contributed by atoms with Crippen LogP contribution in [0.5, 0.6) is 0 Å². The van der Waals surface area contributed by atoms with E-state index >= 15 is 0 Å². The molecule has 19 heteroatoms.